The molecule has 0 saturated carbocycles. The summed E-state index contributed by atoms with van der Waals surface area (Å²) in [5.74, 6) is 0. The van der Waals surface area contributed by atoms with Crippen LogP contribution in [0.25, 0.3) is 93.2 Å². The molecule has 1 heteroatoms. The summed E-state index contributed by atoms with van der Waals surface area (Å²) in [4.78, 5) is 0. The van der Waals surface area contributed by atoms with Crippen molar-refractivity contribution in [2.24, 2.45) is 0 Å². The van der Waals surface area contributed by atoms with Crippen LogP contribution in [0.4, 0.5) is 0 Å². The Kier molecular flexibility index (Phi) is 6.08. The Morgan fingerprint density at radius 3 is 1.56 bits per heavy atom. The molecule has 0 saturated heterocycles. The SMILES string of the molecule is CC1(C)c2ccccc2-c2cc3c4ccccc4c4cc5c6ccccc6n(-c6cc(-c7ccccc7)cc(-c7ccccc7)c6)c5cc4c3cc21. The van der Waals surface area contributed by atoms with Gasteiger partial charge in [0.25, 0.3) is 0 Å². The molecule has 0 N–H and O–H groups in total. The minimum Gasteiger partial charge on any atom is -0.309 e. The van der Waals surface area contributed by atoms with Gasteiger partial charge in [-0.25, -0.2) is 0 Å². The largest absolute Gasteiger partial charge is 0.309 e. The summed E-state index contributed by atoms with van der Waals surface area (Å²) in [6.07, 6.45) is 0. The van der Waals surface area contributed by atoms with Gasteiger partial charge >= 0.3 is 0 Å². The third-order valence-electron chi connectivity index (χ3n) is 11.7. The summed E-state index contributed by atoms with van der Waals surface area (Å²) in [7, 11) is 0. The fraction of sp³-hybridized carbons (Fsp3) is 0.0588. The third kappa shape index (κ3) is 4.11. The van der Waals surface area contributed by atoms with Crippen LogP contribution in [0.15, 0.2) is 176 Å². The van der Waals surface area contributed by atoms with Gasteiger partial charge in [0.1, 0.15) is 0 Å². The van der Waals surface area contributed by atoms with Crippen molar-refractivity contribution in [1.29, 1.82) is 0 Å². The number of rotatable bonds is 3. The Morgan fingerprint density at radius 1 is 0.327 bits per heavy atom. The van der Waals surface area contributed by atoms with Crippen LogP contribution in [0.1, 0.15) is 25.0 Å². The van der Waals surface area contributed by atoms with Crippen LogP contribution in [0.3, 0.4) is 0 Å². The molecule has 0 radical (unpaired) electrons. The number of hydrogen-bond acceptors (Lipinski definition) is 0. The van der Waals surface area contributed by atoms with Crippen molar-refractivity contribution in [2.45, 2.75) is 19.3 Å². The maximum Gasteiger partial charge on any atom is 0.0547 e. The number of fused-ring (bicyclic) bond motifs is 12. The molecule has 0 unspecified atom stereocenters. The van der Waals surface area contributed by atoms with Gasteiger partial charge in [-0.05, 0) is 125 Å². The average Bonchev–Trinajstić information content (AvgIpc) is 3.65. The van der Waals surface area contributed by atoms with Crippen LogP contribution in [-0.2, 0) is 5.41 Å². The highest BCUT2D eigenvalue weighted by Crippen LogP contribution is 2.52. The highest BCUT2D eigenvalue weighted by molar-refractivity contribution is 6.29. The first kappa shape index (κ1) is 29.3. The Balaban J connectivity index is 1.27. The lowest BCUT2D eigenvalue weighted by Gasteiger charge is -2.22. The molecule has 1 aliphatic carbocycles. The highest BCUT2D eigenvalue weighted by Gasteiger charge is 2.35. The van der Waals surface area contributed by atoms with Gasteiger partial charge in [-0.2, -0.15) is 0 Å². The van der Waals surface area contributed by atoms with Gasteiger partial charge in [-0.15, -0.1) is 0 Å². The minimum absolute atomic E-state index is 0.0806. The van der Waals surface area contributed by atoms with E-state index >= 15 is 0 Å². The summed E-state index contributed by atoms with van der Waals surface area (Å²) in [6, 6.07) is 65.4. The summed E-state index contributed by atoms with van der Waals surface area (Å²) in [5.41, 5.74) is 13.9. The maximum absolute atomic E-state index is 2.52. The van der Waals surface area contributed by atoms with E-state index in [1.54, 1.807) is 0 Å². The van der Waals surface area contributed by atoms with Crippen molar-refractivity contribution in [3.63, 3.8) is 0 Å². The van der Waals surface area contributed by atoms with E-state index in [1.807, 2.05) is 0 Å². The van der Waals surface area contributed by atoms with Gasteiger partial charge in [-0.3, -0.25) is 0 Å². The van der Waals surface area contributed by atoms with Crippen molar-refractivity contribution >= 4 is 54.1 Å². The van der Waals surface area contributed by atoms with E-state index in [1.165, 1.54) is 98.6 Å². The van der Waals surface area contributed by atoms with Gasteiger partial charge in [0, 0.05) is 21.9 Å². The van der Waals surface area contributed by atoms with Gasteiger partial charge in [-0.1, -0.05) is 141 Å². The zero-order valence-corrected chi connectivity index (χ0v) is 29.2. The molecule has 1 aromatic heterocycles. The molecule has 0 spiro atoms. The van der Waals surface area contributed by atoms with Crippen LogP contribution >= 0.6 is 0 Å². The van der Waals surface area contributed by atoms with Crippen LogP contribution in [0, 0.1) is 0 Å². The second kappa shape index (κ2) is 10.8. The number of hydrogen-bond donors (Lipinski definition) is 0. The van der Waals surface area contributed by atoms with Crippen LogP contribution in [0.2, 0.25) is 0 Å². The van der Waals surface area contributed by atoms with Crippen molar-refractivity contribution < 1.29 is 0 Å². The minimum atomic E-state index is -0.0806. The normalized spacial score (nSPS) is 13.3. The molecule has 9 aromatic carbocycles. The Bertz CT molecular complexity index is 3010. The molecular weight excluding hydrogens is 627 g/mol. The Morgan fingerprint density at radius 2 is 0.865 bits per heavy atom. The molecule has 1 aliphatic rings. The lowest BCUT2D eigenvalue weighted by Crippen LogP contribution is -2.14. The third-order valence-corrected chi connectivity index (χ3v) is 11.7. The molecule has 1 nitrogen and oxygen atoms in total. The monoisotopic (exact) mass is 661 g/mol. The van der Waals surface area contributed by atoms with Crippen molar-refractivity contribution in [3.05, 3.63) is 187 Å². The summed E-state index contributed by atoms with van der Waals surface area (Å²) in [5, 5.41) is 10.4. The van der Waals surface area contributed by atoms with Crippen LogP contribution < -0.4 is 0 Å². The smallest absolute Gasteiger partial charge is 0.0547 e. The van der Waals surface area contributed by atoms with E-state index in [0.717, 1.165) is 5.69 Å². The molecule has 52 heavy (non-hydrogen) atoms. The van der Waals surface area contributed by atoms with Crippen molar-refractivity contribution in [2.75, 3.05) is 0 Å². The molecule has 0 bridgehead atoms. The van der Waals surface area contributed by atoms with E-state index < -0.39 is 0 Å². The van der Waals surface area contributed by atoms with Crippen LogP contribution in [-0.4, -0.2) is 4.57 Å². The number of para-hydroxylation sites is 1. The molecule has 1 heterocycles. The summed E-state index contributed by atoms with van der Waals surface area (Å²) >= 11 is 0. The molecule has 10 aromatic rings. The molecule has 0 fully saturated rings. The Labute approximate surface area is 303 Å². The zero-order valence-electron chi connectivity index (χ0n) is 29.2. The molecular formula is C51H35N. The van der Waals surface area contributed by atoms with E-state index in [-0.39, 0.29) is 5.41 Å². The predicted octanol–water partition coefficient (Wildman–Crippen LogP) is 13.9. The topological polar surface area (TPSA) is 4.93 Å². The molecule has 0 atom stereocenters. The van der Waals surface area contributed by atoms with Gasteiger partial charge < -0.3 is 4.57 Å². The summed E-state index contributed by atoms with van der Waals surface area (Å²) in [6.45, 7) is 4.76. The van der Waals surface area contributed by atoms with Gasteiger partial charge in [0.05, 0.1) is 11.0 Å². The fourth-order valence-corrected chi connectivity index (χ4v) is 9.22. The first-order valence-corrected chi connectivity index (χ1v) is 18.3. The lowest BCUT2D eigenvalue weighted by atomic mass is 9.81. The van der Waals surface area contributed by atoms with Gasteiger partial charge in [0.2, 0.25) is 0 Å². The average molecular weight is 662 g/mol. The fourth-order valence-electron chi connectivity index (χ4n) is 9.22. The molecule has 11 rings (SSSR count). The highest BCUT2D eigenvalue weighted by atomic mass is 15.0. The van der Waals surface area contributed by atoms with E-state index in [4.69, 9.17) is 0 Å². The first-order chi connectivity index (χ1) is 25.5. The van der Waals surface area contributed by atoms with E-state index in [0.29, 0.717) is 0 Å². The summed E-state index contributed by atoms with van der Waals surface area (Å²) < 4.78 is 2.50. The van der Waals surface area contributed by atoms with Crippen molar-refractivity contribution in [1.82, 2.24) is 4.57 Å². The Hall–Kier alpha value is -6.44. The molecule has 0 aliphatic heterocycles. The van der Waals surface area contributed by atoms with E-state index in [9.17, 15) is 0 Å². The number of aromatic nitrogens is 1. The quantitative estimate of drug-likeness (QED) is 0.166. The standard InChI is InChI=1S/C51H35N/c1-51(2)47-23-13-11-21-39(47)45-28-41-37-19-9-10-20-38(37)42-29-46-40-22-12-14-24-49(40)52(50(46)31-44(42)43(41)30-48(45)51)36-26-34(32-15-5-3-6-16-32)25-35(27-36)33-17-7-4-8-18-33/h3-31H,1-2H3. The maximum atomic E-state index is 2.52. The van der Waals surface area contributed by atoms with Crippen LogP contribution in [0.5, 0.6) is 0 Å². The number of nitrogens with zero attached hydrogens (tertiary/aromatic N) is 1. The second-order valence-corrected chi connectivity index (χ2v) is 14.9. The number of benzene rings is 9. The van der Waals surface area contributed by atoms with Gasteiger partial charge in [0.15, 0.2) is 0 Å². The molecule has 244 valence electrons. The first-order valence-electron chi connectivity index (χ1n) is 18.3. The lowest BCUT2D eigenvalue weighted by molar-refractivity contribution is 0.661. The zero-order chi connectivity index (χ0) is 34.6. The van der Waals surface area contributed by atoms with E-state index in [2.05, 4.69) is 194 Å². The van der Waals surface area contributed by atoms with Crippen molar-refractivity contribution in [3.8, 4) is 39.1 Å². The predicted molar refractivity (Wildman–Crippen MR) is 222 cm³/mol. The second-order valence-electron chi connectivity index (χ2n) is 14.9. The molecule has 0 amide bonds.